The molecule has 1 aliphatic rings. The highest BCUT2D eigenvalue weighted by atomic mass is 16.5. The molecule has 0 saturated carbocycles. The van der Waals surface area contributed by atoms with E-state index in [9.17, 15) is 4.79 Å². The van der Waals surface area contributed by atoms with Gasteiger partial charge in [0.25, 0.3) is 5.91 Å². The van der Waals surface area contributed by atoms with E-state index in [0.29, 0.717) is 12.1 Å². The van der Waals surface area contributed by atoms with Crippen LogP contribution < -0.4 is 5.32 Å². The molecule has 27 heavy (non-hydrogen) atoms. The Labute approximate surface area is 162 Å². The normalized spacial score (nSPS) is 16.7. The molecule has 1 heterocycles. The quantitative estimate of drug-likeness (QED) is 0.875. The number of nitrogens with one attached hydrogen (secondary N) is 1. The van der Waals surface area contributed by atoms with Gasteiger partial charge in [0.05, 0.1) is 19.3 Å². The van der Waals surface area contributed by atoms with Gasteiger partial charge in [-0.25, -0.2) is 0 Å². The van der Waals surface area contributed by atoms with Crippen LogP contribution in [0.1, 0.15) is 48.3 Å². The summed E-state index contributed by atoms with van der Waals surface area (Å²) < 4.78 is 5.49. The predicted octanol–water partition coefficient (Wildman–Crippen LogP) is 3.79. The minimum Gasteiger partial charge on any atom is -0.379 e. The summed E-state index contributed by atoms with van der Waals surface area (Å²) in [6.07, 6.45) is 0. The maximum atomic E-state index is 12.7. The number of carbonyl (C=O) groups is 1. The van der Waals surface area contributed by atoms with Gasteiger partial charge in [-0.2, -0.15) is 0 Å². The second-order valence-electron chi connectivity index (χ2n) is 8.11. The van der Waals surface area contributed by atoms with Gasteiger partial charge in [0.2, 0.25) is 0 Å². The Morgan fingerprint density at radius 1 is 1.04 bits per heavy atom. The molecule has 144 valence electrons. The van der Waals surface area contributed by atoms with E-state index >= 15 is 0 Å². The van der Waals surface area contributed by atoms with Gasteiger partial charge in [-0.15, -0.1) is 0 Å². The number of rotatable bonds is 5. The molecule has 0 radical (unpaired) electrons. The number of morpholine rings is 1. The SMILES string of the molecule is CC(C)(C)c1ccc(C(=O)NCC(c2ccccc2)N2CCOCC2)cc1. The van der Waals surface area contributed by atoms with Gasteiger partial charge in [0.1, 0.15) is 0 Å². The summed E-state index contributed by atoms with van der Waals surface area (Å²) in [4.78, 5) is 15.1. The summed E-state index contributed by atoms with van der Waals surface area (Å²) in [5.74, 6) is -0.0235. The predicted molar refractivity (Wildman–Crippen MR) is 109 cm³/mol. The number of nitrogens with zero attached hydrogens (tertiary/aromatic N) is 1. The minimum atomic E-state index is -0.0235. The van der Waals surface area contributed by atoms with E-state index < -0.39 is 0 Å². The molecule has 2 aromatic carbocycles. The average molecular weight is 367 g/mol. The first-order valence-electron chi connectivity index (χ1n) is 9.70. The molecule has 4 heteroatoms. The number of carbonyl (C=O) groups excluding carboxylic acids is 1. The second kappa shape index (κ2) is 8.68. The molecule has 2 aromatic rings. The van der Waals surface area contributed by atoms with Gasteiger partial charge in [-0.1, -0.05) is 63.2 Å². The molecule has 3 rings (SSSR count). The molecule has 1 fully saturated rings. The highest BCUT2D eigenvalue weighted by Gasteiger charge is 2.23. The summed E-state index contributed by atoms with van der Waals surface area (Å²) in [5.41, 5.74) is 3.25. The smallest absolute Gasteiger partial charge is 0.251 e. The Kier molecular flexibility index (Phi) is 6.30. The zero-order valence-corrected chi connectivity index (χ0v) is 16.6. The molecule has 1 amide bonds. The standard InChI is InChI=1S/C23H30N2O2/c1-23(2,3)20-11-9-19(10-12-20)22(26)24-17-21(18-7-5-4-6-8-18)25-13-15-27-16-14-25/h4-12,21H,13-17H2,1-3H3,(H,24,26). The van der Waals surface area contributed by atoms with Crippen molar-refractivity contribution in [3.63, 3.8) is 0 Å². The van der Waals surface area contributed by atoms with Gasteiger partial charge in [-0.05, 0) is 28.7 Å². The van der Waals surface area contributed by atoms with Crippen molar-refractivity contribution in [1.29, 1.82) is 0 Å². The lowest BCUT2D eigenvalue weighted by Gasteiger charge is -2.35. The summed E-state index contributed by atoms with van der Waals surface area (Å²) in [5, 5.41) is 3.13. The molecular formula is C23H30N2O2. The van der Waals surface area contributed by atoms with Crippen molar-refractivity contribution in [2.75, 3.05) is 32.8 Å². The van der Waals surface area contributed by atoms with Crippen LogP contribution in [0.15, 0.2) is 54.6 Å². The maximum Gasteiger partial charge on any atom is 0.251 e. The van der Waals surface area contributed by atoms with Crippen molar-refractivity contribution in [3.8, 4) is 0 Å². The van der Waals surface area contributed by atoms with Crippen LogP contribution in [-0.4, -0.2) is 43.7 Å². The zero-order valence-electron chi connectivity index (χ0n) is 16.6. The van der Waals surface area contributed by atoms with Gasteiger partial charge < -0.3 is 10.1 Å². The minimum absolute atomic E-state index is 0.0235. The van der Waals surface area contributed by atoms with E-state index in [1.54, 1.807) is 0 Å². The number of benzene rings is 2. The molecule has 1 unspecified atom stereocenters. The largest absolute Gasteiger partial charge is 0.379 e. The van der Waals surface area contributed by atoms with Crippen molar-refractivity contribution in [2.24, 2.45) is 0 Å². The van der Waals surface area contributed by atoms with E-state index in [-0.39, 0.29) is 17.4 Å². The average Bonchev–Trinajstić information content (AvgIpc) is 2.69. The van der Waals surface area contributed by atoms with Crippen LogP contribution in [0.3, 0.4) is 0 Å². The van der Waals surface area contributed by atoms with E-state index in [1.807, 2.05) is 30.3 Å². The third kappa shape index (κ3) is 5.18. The molecule has 0 bridgehead atoms. The van der Waals surface area contributed by atoms with E-state index in [4.69, 9.17) is 4.74 Å². The molecule has 0 aliphatic carbocycles. The zero-order chi connectivity index (χ0) is 19.3. The van der Waals surface area contributed by atoms with Crippen molar-refractivity contribution in [1.82, 2.24) is 10.2 Å². The van der Waals surface area contributed by atoms with Crippen LogP contribution in [0.25, 0.3) is 0 Å². The topological polar surface area (TPSA) is 41.6 Å². The van der Waals surface area contributed by atoms with Crippen molar-refractivity contribution < 1.29 is 9.53 Å². The van der Waals surface area contributed by atoms with Gasteiger partial charge in [0.15, 0.2) is 0 Å². The van der Waals surface area contributed by atoms with Crippen LogP contribution in [-0.2, 0) is 10.2 Å². The Bertz CT molecular complexity index is 729. The van der Waals surface area contributed by atoms with Crippen LogP contribution in [0.5, 0.6) is 0 Å². The first kappa shape index (κ1) is 19.6. The fourth-order valence-electron chi connectivity index (χ4n) is 3.44. The summed E-state index contributed by atoms with van der Waals surface area (Å²) in [6.45, 7) is 10.4. The first-order chi connectivity index (χ1) is 12.9. The number of hydrogen-bond acceptors (Lipinski definition) is 3. The molecule has 1 N–H and O–H groups in total. The van der Waals surface area contributed by atoms with Gasteiger partial charge >= 0.3 is 0 Å². The third-order valence-electron chi connectivity index (χ3n) is 5.14. The second-order valence-corrected chi connectivity index (χ2v) is 8.11. The number of ether oxygens (including phenoxy) is 1. The monoisotopic (exact) mass is 366 g/mol. The van der Waals surface area contributed by atoms with Crippen molar-refractivity contribution in [2.45, 2.75) is 32.2 Å². The van der Waals surface area contributed by atoms with Gasteiger partial charge in [-0.3, -0.25) is 9.69 Å². The summed E-state index contributed by atoms with van der Waals surface area (Å²) in [6, 6.07) is 18.5. The first-order valence-corrected chi connectivity index (χ1v) is 9.70. The lowest BCUT2D eigenvalue weighted by Crippen LogP contribution is -2.43. The lowest BCUT2D eigenvalue weighted by atomic mass is 9.87. The third-order valence-corrected chi connectivity index (χ3v) is 5.14. The van der Waals surface area contributed by atoms with E-state index in [1.165, 1.54) is 11.1 Å². The molecule has 1 atom stereocenters. The fraction of sp³-hybridized carbons (Fsp3) is 0.435. The molecular weight excluding hydrogens is 336 g/mol. The molecule has 0 aromatic heterocycles. The van der Waals surface area contributed by atoms with E-state index in [0.717, 1.165) is 26.3 Å². The molecule has 1 saturated heterocycles. The number of amides is 1. The highest BCUT2D eigenvalue weighted by molar-refractivity contribution is 5.94. The van der Waals surface area contributed by atoms with Crippen molar-refractivity contribution >= 4 is 5.91 Å². The summed E-state index contributed by atoms with van der Waals surface area (Å²) >= 11 is 0. The molecule has 4 nitrogen and oxygen atoms in total. The molecule has 1 aliphatic heterocycles. The van der Waals surface area contributed by atoms with Crippen LogP contribution in [0.2, 0.25) is 0 Å². The van der Waals surface area contributed by atoms with Crippen LogP contribution in [0, 0.1) is 0 Å². The van der Waals surface area contributed by atoms with Crippen LogP contribution >= 0.6 is 0 Å². The molecule has 0 spiro atoms. The Morgan fingerprint density at radius 2 is 1.67 bits per heavy atom. The van der Waals surface area contributed by atoms with Crippen LogP contribution in [0.4, 0.5) is 0 Å². The van der Waals surface area contributed by atoms with Gasteiger partial charge in [0, 0.05) is 25.2 Å². The van der Waals surface area contributed by atoms with E-state index in [2.05, 4.69) is 55.3 Å². The number of hydrogen-bond donors (Lipinski definition) is 1. The highest BCUT2D eigenvalue weighted by Crippen LogP contribution is 2.23. The lowest BCUT2D eigenvalue weighted by molar-refractivity contribution is 0.0162. The van der Waals surface area contributed by atoms with Crippen molar-refractivity contribution in [3.05, 3.63) is 71.3 Å². The Balaban J connectivity index is 1.68. The summed E-state index contributed by atoms with van der Waals surface area (Å²) in [7, 11) is 0. The maximum absolute atomic E-state index is 12.7. The Hall–Kier alpha value is -2.17. The Morgan fingerprint density at radius 3 is 2.26 bits per heavy atom. The fourth-order valence-corrected chi connectivity index (χ4v) is 3.44.